The minimum Gasteiger partial charge on any atom is -0.328 e. The van der Waals surface area contributed by atoms with E-state index in [4.69, 9.17) is 11.6 Å². The summed E-state index contributed by atoms with van der Waals surface area (Å²) in [5.74, 6) is 3.33. The molecule has 0 amide bonds. The Labute approximate surface area is 119 Å². The van der Waals surface area contributed by atoms with Gasteiger partial charge in [-0.25, -0.2) is 4.98 Å². The topological polar surface area (TPSA) is 30.7 Å². The van der Waals surface area contributed by atoms with Crippen molar-refractivity contribution >= 4 is 22.6 Å². The van der Waals surface area contributed by atoms with Gasteiger partial charge in [-0.1, -0.05) is 19.8 Å². The minimum absolute atomic E-state index is 0.622. The number of imidazole rings is 1. The number of pyridine rings is 1. The maximum absolute atomic E-state index is 5.91. The molecule has 0 spiro atoms. The van der Waals surface area contributed by atoms with Crippen LogP contribution >= 0.6 is 11.6 Å². The summed E-state index contributed by atoms with van der Waals surface area (Å²) in [4.78, 5) is 8.85. The number of halogens is 1. The van der Waals surface area contributed by atoms with Crippen LogP contribution in [0, 0.1) is 11.8 Å². The largest absolute Gasteiger partial charge is 0.328 e. The molecule has 3 nitrogen and oxygen atoms in total. The van der Waals surface area contributed by atoms with E-state index < -0.39 is 0 Å². The fourth-order valence-electron chi connectivity index (χ4n) is 3.24. The van der Waals surface area contributed by atoms with Crippen molar-refractivity contribution in [3.05, 3.63) is 24.3 Å². The molecule has 3 rings (SSSR count). The van der Waals surface area contributed by atoms with Gasteiger partial charge in [0.25, 0.3) is 0 Å². The first kappa shape index (κ1) is 12.9. The van der Waals surface area contributed by atoms with Crippen molar-refractivity contribution in [1.82, 2.24) is 14.5 Å². The second kappa shape index (κ2) is 5.49. The third-order valence-corrected chi connectivity index (χ3v) is 4.59. The summed E-state index contributed by atoms with van der Waals surface area (Å²) in [7, 11) is 0. The van der Waals surface area contributed by atoms with Crippen molar-refractivity contribution in [3.63, 3.8) is 0 Å². The summed E-state index contributed by atoms with van der Waals surface area (Å²) in [6.07, 6.45) is 8.60. The van der Waals surface area contributed by atoms with E-state index in [9.17, 15) is 0 Å². The fraction of sp³-hybridized carbons (Fsp3) is 0.600. The molecule has 2 aromatic heterocycles. The summed E-state index contributed by atoms with van der Waals surface area (Å²) in [5, 5.41) is 0. The molecule has 4 heteroatoms. The number of alkyl halides is 1. The maximum atomic E-state index is 5.91. The van der Waals surface area contributed by atoms with Crippen LogP contribution in [-0.4, -0.2) is 20.4 Å². The first-order chi connectivity index (χ1) is 9.29. The van der Waals surface area contributed by atoms with E-state index in [1.807, 2.05) is 12.4 Å². The lowest BCUT2D eigenvalue weighted by atomic mass is 9.98. The van der Waals surface area contributed by atoms with Gasteiger partial charge in [-0.2, -0.15) is 0 Å². The predicted molar refractivity (Wildman–Crippen MR) is 78.5 cm³/mol. The van der Waals surface area contributed by atoms with Crippen molar-refractivity contribution < 1.29 is 0 Å². The minimum atomic E-state index is 0.622. The van der Waals surface area contributed by atoms with E-state index in [0.29, 0.717) is 5.88 Å². The lowest BCUT2D eigenvalue weighted by molar-refractivity contribution is 0.363. The van der Waals surface area contributed by atoms with Crippen LogP contribution in [0.3, 0.4) is 0 Å². The molecule has 2 heterocycles. The molecule has 1 aliphatic carbocycles. The summed E-state index contributed by atoms with van der Waals surface area (Å²) in [6.45, 7) is 3.45. The van der Waals surface area contributed by atoms with Gasteiger partial charge in [0, 0.05) is 25.0 Å². The van der Waals surface area contributed by atoms with Crippen molar-refractivity contribution in [2.45, 2.75) is 39.2 Å². The number of aromatic nitrogens is 3. The quantitative estimate of drug-likeness (QED) is 0.799. The van der Waals surface area contributed by atoms with Gasteiger partial charge in [-0.05, 0) is 24.3 Å². The number of fused-ring (bicyclic) bond motifs is 1. The second-order valence-corrected chi connectivity index (χ2v) is 5.99. The van der Waals surface area contributed by atoms with Crippen LogP contribution in [0.1, 0.15) is 32.0 Å². The molecular formula is C15H20ClN3. The van der Waals surface area contributed by atoms with Crippen LogP contribution in [0.2, 0.25) is 0 Å². The van der Waals surface area contributed by atoms with E-state index in [2.05, 4.69) is 27.5 Å². The van der Waals surface area contributed by atoms with Crippen LogP contribution in [0.5, 0.6) is 0 Å². The first-order valence-electron chi connectivity index (χ1n) is 7.14. The highest BCUT2D eigenvalue weighted by atomic mass is 35.5. The molecule has 1 fully saturated rings. The zero-order valence-corrected chi connectivity index (χ0v) is 12.1. The summed E-state index contributed by atoms with van der Waals surface area (Å²) in [5.41, 5.74) is 2.20. The molecule has 0 bridgehead atoms. The van der Waals surface area contributed by atoms with Crippen LogP contribution in [0.15, 0.2) is 18.5 Å². The Hall–Kier alpha value is -1.09. The van der Waals surface area contributed by atoms with Gasteiger partial charge in [0.2, 0.25) is 0 Å². The fourth-order valence-corrected chi connectivity index (χ4v) is 3.41. The molecule has 1 aliphatic rings. The molecule has 2 atom stereocenters. The lowest BCUT2D eigenvalue weighted by Crippen LogP contribution is -2.15. The highest BCUT2D eigenvalue weighted by Crippen LogP contribution is 2.33. The highest BCUT2D eigenvalue weighted by Gasteiger charge is 2.25. The second-order valence-electron chi connectivity index (χ2n) is 5.61. The van der Waals surface area contributed by atoms with Gasteiger partial charge in [0.1, 0.15) is 11.3 Å². The van der Waals surface area contributed by atoms with E-state index in [-0.39, 0.29) is 0 Å². The summed E-state index contributed by atoms with van der Waals surface area (Å²) in [6, 6.07) is 2.07. The predicted octanol–water partition coefficient (Wildman–Crippen LogP) is 3.65. The zero-order chi connectivity index (χ0) is 13.2. The molecule has 1 saturated carbocycles. The number of rotatable bonds is 4. The SMILES string of the molecule is CC1CCCC1Cn1c(CCCl)nc2cnccc21. The zero-order valence-electron chi connectivity index (χ0n) is 11.3. The third kappa shape index (κ3) is 2.48. The Morgan fingerprint density at radius 1 is 1.42 bits per heavy atom. The molecule has 19 heavy (non-hydrogen) atoms. The smallest absolute Gasteiger partial charge is 0.111 e. The van der Waals surface area contributed by atoms with Crippen LogP contribution in [-0.2, 0) is 13.0 Å². The Balaban J connectivity index is 1.97. The first-order valence-corrected chi connectivity index (χ1v) is 7.68. The van der Waals surface area contributed by atoms with Crippen LogP contribution in [0.4, 0.5) is 0 Å². The number of aryl methyl sites for hydroxylation is 1. The average Bonchev–Trinajstić information content (AvgIpc) is 2.96. The molecular weight excluding hydrogens is 258 g/mol. The van der Waals surface area contributed by atoms with E-state index in [1.165, 1.54) is 24.8 Å². The molecule has 0 saturated heterocycles. The van der Waals surface area contributed by atoms with Gasteiger partial charge in [0.05, 0.1) is 11.7 Å². The van der Waals surface area contributed by atoms with Gasteiger partial charge < -0.3 is 4.57 Å². The van der Waals surface area contributed by atoms with Crippen molar-refractivity contribution in [2.75, 3.05) is 5.88 Å². The van der Waals surface area contributed by atoms with Crippen molar-refractivity contribution in [3.8, 4) is 0 Å². The Kier molecular flexibility index (Phi) is 3.74. The summed E-state index contributed by atoms with van der Waals surface area (Å²) >= 11 is 5.91. The Bertz CT molecular complexity index is 564. The number of nitrogens with zero attached hydrogens (tertiary/aromatic N) is 3. The van der Waals surface area contributed by atoms with E-state index >= 15 is 0 Å². The van der Waals surface area contributed by atoms with E-state index in [0.717, 1.165) is 36.1 Å². The van der Waals surface area contributed by atoms with Gasteiger partial charge in [-0.15, -0.1) is 11.6 Å². The molecule has 102 valence electrons. The highest BCUT2D eigenvalue weighted by molar-refractivity contribution is 6.17. The van der Waals surface area contributed by atoms with Gasteiger partial charge in [0.15, 0.2) is 0 Å². The number of hydrogen-bond donors (Lipinski definition) is 0. The third-order valence-electron chi connectivity index (χ3n) is 4.40. The van der Waals surface area contributed by atoms with Crippen molar-refractivity contribution in [1.29, 1.82) is 0 Å². The standard InChI is InChI=1S/C15H20ClN3/c1-11-3-2-4-12(11)10-19-14-6-8-17-9-13(14)18-15(19)5-7-16/h6,8-9,11-12H,2-5,7,10H2,1H3. The normalized spacial score (nSPS) is 23.3. The molecule has 2 unspecified atom stereocenters. The molecule has 0 N–H and O–H groups in total. The molecule has 0 radical (unpaired) electrons. The van der Waals surface area contributed by atoms with Gasteiger partial charge in [-0.3, -0.25) is 4.98 Å². The van der Waals surface area contributed by atoms with Gasteiger partial charge >= 0.3 is 0 Å². The molecule has 2 aromatic rings. The average molecular weight is 278 g/mol. The number of hydrogen-bond acceptors (Lipinski definition) is 2. The maximum Gasteiger partial charge on any atom is 0.111 e. The molecule has 0 aromatic carbocycles. The monoisotopic (exact) mass is 277 g/mol. The molecule has 0 aliphatic heterocycles. The van der Waals surface area contributed by atoms with Crippen LogP contribution < -0.4 is 0 Å². The van der Waals surface area contributed by atoms with E-state index in [1.54, 1.807) is 0 Å². The Morgan fingerprint density at radius 2 is 2.32 bits per heavy atom. The Morgan fingerprint density at radius 3 is 3.05 bits per heavy atom. The van der Waals surface area contributed by atoms with Crippen molar-refractivity contribution in [2.24, 2.45) is 11.8 Å². The van der Waals surface area contributed by atoms with Crippen LogP contribution in [0.25, 0.3) is 11.0 Å². The summed E-state index contributed by atoms with van der Waals surface area (Å²) < 4.78 is 2.37. The lowest BCUT2D eigenvalue weighted by Gasteiger charge is -2.18.